The van der Waals surface area contributed by atoms with Crippen LogP contribution in [0.15, 0.2) is 76.5 Å². The van der Waals surface area contributed by atoms with Gasteiger partial charge in [0.2, 0.25) is 15.7 Å². The molecule has 290 valence electrons. The van der Waals surface area contributed by atoms with Gasteiger partial charge in [-0.05, 0) is 124 Å². The van der Waals surface area contributed by atoms with E-state index >= 15 is 8.78 Å². The molecule has 3 aromatic rings. The molecule has 3 N–H and O–H groups in total. The van der Waals surface area contributed by atoms with Gasteiger partial charge in [0.05, 0.1) is 35.7 Å². The summed E-state index contributed by atoms with van der Waals surface area (Å²) >= 11 is 0. The predicted octanol–water partition coefficient (Wildman–Crippen LogP) is 5.31. The van der Waals surface area contributed by atoms with Gasteiger partial charge in [0.15, 0.2) is 5.67 Å². The van der Waals surface area contributed by atoms with Crippen LogP contribution >= 0.6 is 0 Å². The maximum Gasteiger partial charge on any atom is 0.407 e. The molecule has 0 spiro atoms. The average molecular weight is 768 g/mol. The van der Waals surface area contributed by atoms with E-state index in [1.165, 1.54) is 43.5 Å². The number of ether oxygens (including phenoxy) is 1. The number of carbonyl (C=O) groups is 2. The summed E-state index contributed by atoms with van der Waals surface area (Å²) in [4.78, 5) is 29.7. The third-order valence-corrected chi connectivity index (χ3v) is 14.0. The van der Waals surface area contributed by atoms with Crippen LogP contribution in [0.3, 0.4) is 0 Å². The van der Waals surface area contributed by atoms with Crippen LogP contribution in [0.4, 0.5) is 23.7 Å². The van der Waals surface area contributed by atoms with E-state index < -0.39 is 38.7 Å². The lowest BCUT2D eigenvalue weighted by Gasteiger charge is -2.54. The SMILES string of the molecule is COC(=O)N[C@H]1CCC[C@@H]1C(CN1CCC1)(c1cccc(F)c1)C1CCN(CC2(F)CN(c3ccc(S(=O)(=O)c4cccc(C(N)=O)c4)cc3F)C2)CC1. The second-order valence-electron chi connectivity index (χ2n) is 15.5. The first-order valence-electron chi connectivity index (χ1n) is 18.7. The molecule has 4 aliphatic rings. The molecule has 4 fully saturated rings. The number of methoxy groups -OCH3 is 1. The van der Waals surface area contributed by atoms with Gasteiger partial charge in [0, 0.05) is 30.1 Å². The summed E-state index contributed by atoms with van der Waals surface area (Å²) in [6.45, 7) is 4.10. The molecule has 1 unspecified atom stereocenters. The van der Waals surface area contributed by atoms with Crippen molar-refractivity contribution < 1.29 is 35.9 Å². The molecule has 3 aromatic carbocycles. The Morgan fingerprint density at radius 3 is 2.28 bits per heavy atom. The number of piperidine rings is 1. The van der Waals surface area contributed by atoms with Crippen LogP contribution in [0.25, 0.3) is 0 Å². The van der Waals surface area contributed by atoms with Gasteiger partial charge in [-0.2, -0.15) is 0 Å². The van der Waals surface area contributed by atoms with Crippen molar-refractivity contribution in [1.29, 1.82) is 0 Å². The summed E-state index contributed by atoms with van der Waals surface area (Å²) in [7, 11) is -2.77. The second-order valence-corrected chi connectivity index (χ2v) is 17.5. The van der Waals surface area contributed by atoms with Crippen LogP contribution in [0.5, 0.6) is 0 Å². The highest BCUT2D eigenvalue weighted by Crippen LogP contribution is 2.52. The van der Waals surface area contributed by atoms with Crippen LogP contribution < -0.4 is 16.0 Å². The number of primary amides is 1. The highest BCUT2D eigenvalue weighted by molar-refractivity contribution is 7.91. The van der Waals surface area contributed by atoms with Crippen molar-refractivity contribution in [2.45, 2.75) is 65.4 Å². The molecule has 1 aliphatic carbocycles. The lowest BCUT2D eigenvalue weighted by Crippen LogP contribution is -2.65. The quantitative estimate of drug-likeness (QED) is 0.255. The fourth-order valence-electron chi connectivity index (χ4n) is 9.52. The van der Waals surface area contributed by atoms with E-state index in [0.29, 0.717) is 13.1 Å². The topological polar surface area (TPSA) is 125 Å². The molecule has 14 heteroatoms. The Kier molecular flexibility index (Phi) is 10.7. The van der Waals surface area contributed by atoms with Crippen molar-refractivity contribution in [2.75, 3.05) is 64.4 Å². The number of halogens is 3. The number of benzene rings is 3. The zero-order valence-electron chi connectivity index (χ0n) is 30.5. The van der Waals surface area contributed by atoms with Gasteiger partial charge >= 0.3 is 6.09 Å². The molecule has 0 bridgehead atoms. The third-order valence-electron chi connectivity index (χ3n) is 12.2. The highest BCUT2D eigenvalue weighted by Gasteiger charge is 2.54. The van der Waals surface area contributed by atoms with Crippen molar-refractivity contribution in [3.63, 3.8) is 0 Å². The minimum Gasteiger partial charge on any atom is -0.453 e. The molecule has 7 rings (SSSR count). The molecule has 1 saturated carbocycles. The molecule has 2 amide bonds. The molecule has 0 aromatic heterocycles. The first-order valence-corrected chi connectivity index (χ1v) is 20.2. The Morgan fingerprint density at radius 2 is 1.63 bits per heavy atom. The summed E-state index contributed by atoms with van der Waals surface area (Å²) in [5, 5.41) is 3.11. The number of hydrogen-bond acceptors (Lipinski definition) is 8. The Morgan fingerprint density at radius 1 is 0.907 bits per heavy atom. The highest BCUT2D eigenvalue weighted by atomic mass is 32.2. The number of rotatable bonds is 12. The number of amides is 2. The number of likely N-dealkylation sites (tertiary alicyclic amines) is 2. The first kappa shape index (κ1) is 38.1. The van der Waals surface area contributed by atoms with E-state index in [-0.39, 0.29) is 64.4 Å². The number of anilines is 1. The van der Waals surface area contributed by atoms with Crippen molar-refractivity contribution in [3.8, 4) is 0 Å². The largest absolute Gasteiger partial charge is 0.453 e. The molecule has 54 heavy (non-hydrogen) atoms. The molecular formula is C40H48F3N5O5S. The molecule has 10 nitrogen and oxygen atoms in total. The number of carbonyl (C=O) groups excluding carboxylic acids is 2. The van der Waals surface area contributed by atoms with Crippen molar-refractivity contribution >= 4 is 27.5 Å². The molecule has 3 atom stereocenters. The minimum absolute atomic E-state index is 0.0187. The number of hydrogen-bond donors (Lipinski definition) is 2. The van der Waals surface area contributed by atoms with E-state index in [4.69, 9.17) is 10.5 Å². The van der Waals surface area contributed by atoms with Gasteiger partial charge in [-0.15, -0.1) is 0 Å². The number of nitrogens with two attached hydrogens (primary N) is 1. The van der Waals surface area contributed by atoms with Gasteiger partial charge in [-0.25, -0.2) is 26.4 Å². The van der Waals surface area contributed by atoms with Crippen molar-refractivity contribution in [2.24, 2.45) is 17.6 Å². The van der Waals surface area contributed by atoms with Gasteiger partial charge < -0.3 is 25.6 Å². The smallest absolute Gasteiger partial charge is 0.407 e. The predicted molar refractivity (Wildman–Crippen MR) is 198 cm³/mol. The second kappa shape index (κ2) is 15.2. The average Bonchev–Trinajstić information content (AvgIpc) is 3.59. The van der Waals surface area contributed by atoms with Crippen LogP contribution in [0.2, 0.25) is 0 Å². The molecule has 3 saturated heterocycles. The van der Waals surface area contributed by atoms with Crippen molar-refractivity contribution in [1.82, 2.24) is 15.1 Å². The number of nitrogens with one attached hydrogen (secondary N) is 1. The Hall–Kier alpha value is -4.14. The molecule has 3 heterocycles. The number of sulfone groups is 1. The summed E-state index contributed by atoms with van der Waals surface area (Å²) in [6.07, 6.45) is 4.86. The van der Waals surface area contributed by atoms with Crippen LogP contribution in [-0.2, 0) is 20.0 Å². The van der Waals surface area contributed by atoms with Gasteiger partial charge in [-0.1, -0.05) is 24.6 Å². The number of alkyl halides is 1. The fourth-order valence-corrected chi connectivity index (χ4v) is 10.8. The van der Waals surface area contributed by atoms with Gasteiger partial charge in [0.25, 0.3) is 0 Å². The lowest BCUT2D eigenvalue weighted by molar-refractivity contribution is 0.00575. The number of alkyl carbamates (subject to hydrolysis) is 1. The normalized spacial score (nSPS) is 23.2. The third kappa shape index (κ3) is 7.44. The van der Waals surface area contributed by atoms with E-state index in [1.807, 2.05) is 6.07 Å². The van der Waals surface area contributed by atoms with E-state index in [9.17, 15) is 22.4 Å². The van der Waals surface area contributed by atoms with Crippen LogP contribution in [0, 0.1) is 23.5 Å². The summed E-state index contributed by atoms with van der Waals surface area (Å²) in [5.74, 6) is -1.62. The Balaban J connectivity index is 1.04. The molecule has 3 aliphatic heterocycles. The van der Waals surface area contributed by atoms with Crippen LogP contribution in [-0.4, -0.2) is 101 Å². The lowest BCUT2D eigenvalue weighted by atomic mass is 9.57. The zero-order chi connectivity index (χ0) is 38.3. The van der Waals surface area contributed by atoms with E-state index in [2.05, 4.69) is 15.1 Å². The maximum atomic E-state index is 16.2. The molecule has 0 radical (unpaired) electrons. The summed E-state index contributed by atoms with van der Waals surface area (Å²) in [6, 6.07) is 15.6. The zero-order valence-corrected chi connectivity index (χ0v) is 31.3. The summed E-state index contributed by atoms with van der Waals surface area (Å²) < 4.78 is 78.0. The fraction of sp³-hybridized carbons (Fsp3) is 0.500. The van der Waals surface area contributed by atoms with Crippen LogP contribution in [0.1, 0.15) is 54.4 Å². The van der Waals surface area contributed by atoms with Gasteiger partial charge in [0.1, 0.15) is 11.6 Å². The Labute approximate surface area is 314 Å². The maximum absolute atomic E-state index is 16.2. The van der Waals surface area contributed by atoms with E-state index in [0.717, 1.165) is 75.9 Å². The monoisotopic (exact) mass is 767 g/mol. The van der Waals surface area contributed by atoms with Gasteiger partial charge in [-0.3, -0.25) is 9.69 Å². The number of nitrogens with zero attached hydrogens (tertiary/aromatic N) is 3. The van der Waals surface area contributed by atoms with E-state index in [1.54, 1.807) is 17.0 Å². The first-order chi connectivity index (χ1) is 25.8. The van der Waals surface area contributed by atoms with Crippen molar-refractivity contribution in [3.05, 3.63) is 89.5 Å². The Bertz CT molecular complexity index is 1980. The standard InChI is InChI=1S/C40H48F3N5O5S/c1-53-38(50)45-35-11-4-10-33(35)40(26-46-16-5-17-46,29-7-3-8-30(41)21-29)28-14-18-47(19-15-28)23-39(43)24-48(25-39)36-13-12-32(22-34(36)42)54(51,52)31-9-2-6-27(20-31)37(44)49/h2-3,6-9,12-13,20-22,28,33,35H,4-5,10-11,14-19,23-26H2,1H3,(H2,44,49)(H,45,50)/t33-,35-,40?/m0/s1. The molecular weight excluding hydrogens is 720 g/mol. The minimum atomic E-state index is -4.14. The summed E-state index contributed by atoms with van der Waals surface area (Å²) in [5.41, 5.74) is 4.37.